The van der Waals surface area contributed by atoms with Crippen LogP contribution in [0.15, 0.2) is 67.0 Å². The van der Waals surface area contributed by atoms with Crippen LogP contribution in [0.25, 0.3) is 5.69 Å². The predicted molar refractivity (Wildman–Crippen MR) is 89.9 cm³/mol. The predicted octanol–water partition coefficient (Wildman–Crippen LogP) is 4.25. The van der Waals surface area contributed by atoms with Crippen LogP contribution in [0.4, 0.5) is 5.69 Å². The standard InChI is InChI=1S/C18H12ClN3O/c19-15-7-8-16(17(11-15)22-9-1-2-10-22)21-18(23)14-5-3-13(12-20)4-6-14/h1-11H,(H,21,23). The maximum atomic E-state index is 12.4. The van der Waals surface area contributed by atoms with Gasteiger partial charge in [0.25, 0.3) is 5.91 Å². The minimum atomic E-state index is -0.245. The molecule has 4 nitrogen and oxygen atoms in total. The molecule has 0 atom stereocenters. The molecule has 1 aromatic heterocycles. The van der Waals surface area contributed by atoms with Crippen LogP contribution in [0, 0.1) is 11.3 Å². The minimum absolute atomic E-state index is 0.245. The number of nitrogens with one attached hydrogen (secondary N) is 1. The van der Waals surface area contributed by atoms with Crippen molar-refractivity contribution in [1.82, 2.24) is 4.57 Å². The number of nitrogens with zero attached hydrogens (tertiary/aromatic N) is 2. The third kappa shape index (κ3) is 3.25. The van der Waals surface area contributed by atoms with Gasteiger partial charge in [-0.3, -0.25) is 4.79 Å². The summed E-state index contributed by atoms with van der Waals surface area (Å²) in [7, 11) is 0. The molecule has 3 aromatic rings. The number of carbonyl (C=O) groups is 1. The van der Waals surface area contributed by atoms with Crippen LogP contribution >= 0.6 is 11.6 Å². The Bertz CT molecular complexity index is 878. The molecule has 2 aromatic carbocycles. The number of anilines is 1. The number of rotatable bonds is 3. The van der Waals surface area contributed by atoms with E-state index in [0.29, 0.717) is 21.8 Å². The van der Waals surface area contributed by atoms with Gasteiger partial charge >= 0.3 is 0 Å². The zero-order valence-corrected chi connectivity index (χ0v) is 12.8. The Kier molecular flexibility index (Phi) is 4.13. The molecule has 1 amide bonds. The second-order valence-electron chi connectivity index (χ2n) is 4.90. The van der Waals surface area contributed by atoms with Gasteiger partial charge in [-0.2, -0.15) is 5.26 Å². The highest BCUT2D eigenvalue weighted by atomic mass is 35.5. The fraction of sp³-hybridized carbons (Fsp3) is 0. The van der Waals surface area contributed by atoms with Gasteiger partial charge < -0.3 is 9.88 Å². The van der Waals surface area contributed by atoms with Crippen molar-refractivity contribution in [2.75, 3.05) is 5.32 Å². The Morgan fingerprint density at radius 1 is 1.09 bits per heavy atom. The van der Waals surface area contributed by atoms with Gasteiger partial charge in [-0.15, -0.1) is 0 Å². The van der Waals surface area contributed by atoms with Crippen molar-refractivity contribution >= 4 is 23.2 Å². The first-order valence-corrected chi connectivity index (χ1v) is 7.29. The maximum Gasteiger partial charge on any atom is 0.255 e. The number of hydrogen-bond donors (Lipinski definition) is 1. The lowest BCUT2D eigenvalue weighted by Crippen LogP contribution is -2.13. The summed E-state index contributed by atoms with van der Waals surface area (Å²) in [5.74, 6) is -0.245. The Balaban J connectivity index is 1.90. The molecule has 0 spiro atoms. The fourth-order valence-corrected chi connectivity index (χ4v) is 2.38. The topological polar surface area (TPSA) is 57.8 Å². The Hall–Kier alpha value is -3.03. The summed E-state index contributed by atoms with van der Waals surface area (Å²) in [5, 5.41) is 12.3. The molecule has 1 heterocycles. The van der Waals surface area contributed by atoms with Crippen LogP contribution in [0.5, 0.6) is 0 Å². The SMILES string of the molecule is N#Cc1ccc(C(=O)Nc2ccc(Cl)cc2-n2cccc2)cc1. The van der Waals surface area contributed by atoms with Crippen molar-refractivity contribution in [2.24, 2.45) is 0 Å². The molecule has 0 saturated carbocycles. The zero-order valence-electron chi connectivity index (χ0n) is 12.0. The highest BCUT2D eigenvalue weighted by molar-refractivity contribution is 6.31. The number of carbonyl (C=O) groups excluding carboxylic acids is 1. The molecule has 0 aliphatic carbocycles. The molecule has 23 heavy (non-hydrogen) atoms. The van der Waals surface area contributed by atoms with Crippen molar-refractivity contribution in [3.05, 3.63) is 83.1 Å². The first kappa shape index (κ1) is 14.9. The Morgan fingerprint density at radius 2 is 1.78 bits per heavy atom. The van der Waals surface area contributed by atoms with Crippen LogP contribution in [0.3, 0.4) is 0 Å². The summed E-state index contributed by atoms with van der Waals surface area (Å²) >= 11 is 6.06. The van der Waals surface area contributed by atoms with Gasteiger partial charge in [-0.05, 0) is 54.6 Å². The third-order valence-electron chi connectivity index (χ3n) is 3.37. The quantitative estimate of drug-likeness (QED) is 0.783. The lowest BCUT2D eigenvalue weighted by Gasteiger charge is -2.12. The molecule has 0 bridgehead atoms. The first-order chi connectivity index (χ1) is 11.2. The molecular weight excluding hydrogens is 310 g/mol. The second kappa shape index (κ2) is 6.39. The number of halogens is 1. The minimum Gasteiger partial charge on any atom is -0.322 e. The van der Waals surface area contributed by atoms with Crippen molar-refractivity contribution in [2.45, 2.75) is 0 Å². The lowest BCUT2D eigenvalue weighted by atomic mass is 10.1. The molecule has 1 N–H and O–H groups in total. The summed E-state index contributed by atoms with van der Waals surface area (Å²) in [5.41, 5.74) is 2.43. The van der Waals surface area contributed by atoms with E-state index >= 15 is 0 Å². The highest BCUT2D eigenvalue weighted by Gasteiger charge is 2.11. The fourth-order valence-electron chi connectivity index (χ4n) is 2.21. The van der Waals surface area contributed by atoms with E-state index in [0.717, 1.165) is 5.69 Å². The normalized spacial score (nSPS) is 10.1. The molecule has 0 radical (unpaired) electrons. The average Bonchev–Trinajstić information content (AvgIpc) is 3.11. The first-order valence-electron chi connectivity index (χ1n) is 6.92. The van der Waals surface area contributed by atoms with E-state index in [-0.39, 0.29) is 5.91 Å². The van der Waals surface area contributed by atoms with Gasteiger partial charge in [0.05, 0.1) is 23.0 Å². The molecule has 0 saturated heterocycles. The molecule has 112 valence electrons. The van der Waals surface area contributed by atoms with Gasteiger partial charge in [-0.25, -0.2) is 0 Å². The van der Waals surface area contributed by atoms with E-state index in [1.807, 2.05) is 35.2 Å². The van der Waals surface area contributed by atoms with Gasteiger partial charge in [0.2, 0.25) is 0 Å². The van der Waals surface area contributed by atoms with Gasteiger partial charge in [0.15, 0.2) is 0 Å². The van der Waals surface area contributed by atoms with Crippen LogP contribution in [-0.4, -0.2) is 10.5 Å². The monoisotopic (exact) mass is 321 g/mol. The number of benzene rings is 2. The van der Waals surface area contributed by atoms with E-state index in [1.165, 1.54) is 0 Å². The molecule has 0 aliphatic heterocycles. The largest absolute Gasteiger partial charge is 0.322 e. The van der Waals surface area contributed by atoms with Crippen molar-refractivity contribution in [3.8, 4) is 11.8 Å². The Morgan fingerprint density at radius 3 is 2.43 bits per heavy atom. The molecule has 0 fully saturated rings. The van der Waals surface area contributed by atoms with E-state index in [1.54, 1.807) is 42.5 Å². The summed E-state index contributed by atoms with van der Waals surface area (Å²) in [6, 6.07) is 17.6. The number of aromatic nitrogens is 1. The molecule has 0 aliphatic rings. The summed E-state index contributed by atoms with van der Waals surface area (Å²) in [4.78, 5) is 12.4. The second-order valence-corrected chi connectivity index (χ2v) is 5.33. The van der Waals surface area contributed by atoms with Crippen LogP contribution in [-0.2, 0) is 0 Å². The van der Waals surface area contributed by atoms with Crippen molar-refractivity contribution < 1.29 is 4.79 Å². The number of nitriles is 1. The smallest absolute Gasteiger partial charge is 0.255 e. The third-order valence-corrected chi connectivity index (χ3v) is 3.60. The van der Waals surface area contributed by atoms with E-state index in [4.69, 9.17) is 16.9 Å². The van der Waals surface area contributed by atoms with Gasteiger partial charge in [-0.1, -0.05) is 11.6 Å². The van der Waals surface area contributed by atoms with Crippen molar-refractivity contribution in [3.63, 3.8) is 0 Å². The maximum absolute atomic E-state index is 12.4. The summed E-state index contributed by atoms with van der Waals surface area (Å²) < 4.78 is 1.88. The zero-order chi connectivity index (χ0) is 16.2. The van der Waals surface area contributed by atoms with Crippen LogP contribution in [0.2, 0.25) is 5.02 Å². The molecular formula is C18H12ClN3O. The van der Waals surface area contributed by atoms with Gasteiger partial charge in [0.1, 0.15) is 0 Å². The lowest BCUT2D eigenvalue weighted by molar-refractivity contribution is 0.102. The summed E-state index contributed by atoms with van der Waals surface area (Å²) in [6.45, 7) is 0. The Labute approximate surface area is 138 Å². The summed E-state index contributed by atoms with van der Waals surface area (Å²) in [6.07, 6.45) is 3.76. The molecule has 0 unspecified atom stereocenters. The van der Waals surface area contributed by atoms with Gasteiger partial charge in [0, 0.05) is 23.0 Å². The van der Waals surface area contributed by atoms with E-state index in [9.17, 15) is 4.79 Å². The molecule has 5 heteroatoms. The highest BCUT2D eigenvalue weighted by Crippen LogP contribution is 2.25. The van der Waals surface area contributed by atoms with Crippen molar-refractivity contribution in [1.29, 1.82) is 5.26 Å². The van der Waals surface area contributed by atoms with E-state index in [2.05, 4.69) is 5.32 Å². The van der Waals surface area contributed by atoms with Crippen LogP contribution in [0.1, 0.15) is 15.9 Å². The molecule has 3 rings (SSSR count). The number of hydrogen-bond acceptors (Lipinski definition) is 2. The average molecular weight is 322 g/mol. The van der Waals surface area contributed by atoms with Crippen LogP contribution < -0.4 is 5.32 Å². The van der Waals surface area contributed by atoms with E-state index < -0.39 is 0 Å². The number of amides is 1.